The lowest BCUT2D eigenvalue weighted by atomic mass is 10.1. The lowest BCUT2D eigenvalue weighted by molar-refractivity contribution is 0.278. The van der Waals surface area contributed by atoms with E-state index in [0.717, 1.165) is 13.0 Å². The van der Waals surface area contributed by atoms with Crippen LogP contribution < -0.4 is 0 Å². The molecule has 0 saturated heterocycles. The first-order valence-corrected chi connectivity index (χ1v) is 6.26. The number of benzene rings is 1. The van der Waals surface area contributed by atoms with Crippen molar-refractivity contribution in [2.45, 2.75) is 33.1 Å². The van der Waals surface area contributed by atoms with Crippen LogP contribution in [0, 0.1) is 0 Å². The first-order chi connectivity index (χ1) is 7.76. The van der Waals surface area contributed by atoms with E-state index in [2.05, 4.69) is 24.8 Å². The van der Waals surface area contributed by atoms with Crippen LogP contribution in [0.15, 0.2) is 24.3 Å². The van der Waals surface area contributed by atoms with Crippen molar-refractivity contribution in [2.75, 3.05) is 19.6 Å². The molecule has 0 radical (unpaired) electrons. The second-order valence-electron chi connectivity index (χ2n) is 4.26. The molecule has 0 saturated carbocycles. The van der Waals surface area contributed by atoms with Gasteiger partial charge in [0, 0.05) is 6.54 Å². The summed E-state index contributed by atoms with van der Waals surface area (Å²) in [6.07, 6.45) is 3.44. The Hall–Kier alpha value is -0.730. The van der Waals surface area contributed by atoms with Crippen molar-refractivity contribution < 1.29 is 5.11 Å². The monoisotopic (exact) mass is 257 g/mol. The topological polar surface area (TPSA) is 23.5 Å². The van der Waals surface area contributed by atoms with Crippen LogP contribution in [0.2, 0.25) is 0 Å². The normalized spacial score (nSPS) is 10.3. The molecule has 0 aliphatic carbocycles. The van der Waals surface area contributed by atoms with E-state index >= 15 is 0 Å². The summed E-state index contributed by atoms with van der Waals surface area (Å²) in [5, 5.41) is 9.37. The van der Waals surface area contributed by atoms with E-state index < -0.39 is 0 Å². The molecule has 0 aliphatic rings. The van der Waals surface area contributed by atoms with Gasteiger partial charge in [0.1, 0.15) is 5.75 Å². The van der Waals surface area contributed by atoms with Crippen LogP contribution in [0.1, 0.15) is 32.3 Å². The van der Waals surface area contributed by atoms with Crippen molar-refractivity contribution in [3.63, 3.8) is 0 Å². The zero-order valence-electron chi connectivity index (χ0n) is 10.9. The summed E-state index contributed by atoms with van der Waals surface area (Å²) in [5.74, 6) is 0.370. The van der Waals surface area contributed by atoms with Crippen LogP contribution in [-0.4, -0.2) is 29.6 Å². The number of nitrogens with zero attached hydrogens (tertiary/aromatic N) is 1. The number of hydrogen-bond acceptors (Lipinski definition) is 2. The van der Waals surface area contributed by atoms with Crippen molar-refractivity contribution in [2.24, 2.45) is 0 Å². The van der Waals surface area contributed by atoms with E-state index in [1.165, 1.54) is 31.5 Å². The molecule has 3 heteroatoms. The molecule has 1 aromatic carbocycles. The molecule has 0 unspecified atom stereocenters. The summed E-state index contributed by atoms with van der Waals surface area (Å²) in [4.78, 5) is 2.49. The smallest absolute Gasteiger partial charge is 0.115 e. The summed E-state index contributed by atoms with van der Waals surface area (Å²) in [6, 6.07) is 7.57. The molecule has 17 heavy (non-hydrogen) atoms. The Morgan fingerprint density at radius 3 is 2.24 bits per heavy atom. The molecule has 0 amide bonds. The van der Waals surface area contributed by atoms with Gasteiger partial charge < -0.3 is 10.0 Å². The van der Waals surface area contributed by atoms with Gasteiger partial charge in [-0.15, -0.1) is 12.4 Å². The van der Waals surface area contributed by atoms with Gasteiger partial charge in [-0.3, -0.25) is 0 Å². The number of phenolic OH excluding ortho intramolecular Hbond substituents is 1. The van der Waals surface area contributed by atoms with E-state index in [0.29, 0.717) is 5.75 Å². The van der Waals surface area contributed by atoms with Gasteiger partial charge in [0.05, 0.1) is 0 Å². The molecular formula is C14H24ClNO. The highest BCUT2D eigenvalue weighted by atomic mass is 35.5. The Morgan fingerprint density at radius 1 is 1.06 bits per heavy atom. The molecule has 0 atom stereocenters. The van der Waals surface area contributed by atoms with Crippen molar-refractivity contribution in [1.82, 2.24) is 4.90 Å². The van der Waals surface area contributed by atoms with E-state index in [1.807, 2.05) is 12.1 Å². The van der Waals surface area contributed by atoms with Gasteiger partial charge in [-0.25, -0.2) is 0 Å². The first kappa shape index (κ1) is 16.3. The second kappa shape index (κ2) is 9.32. The molecule has 1 N–H and O–H groups in total. The fourth-order valence-corrected chi connectivity index (χ4v) is 1.97. The maximum atomic E-state index is 9.37. The zero-order chi connectivity index (χ0) is 11.8. The minimum Gasteiger partial charge on any atom is -0.508 e. The van der Waals surface area contributed by atoms with Gasteiger partial charge in [0.2, 0.25) is 0 Å². The Morgan fingerprint density at radius 2 is 1.71 bits per heavy atom. The van der Waals surface area contributed by atoms with E-state index in [1.54, 1.807) is 6.07 Å². The lowest BCUT2D eigenvalue weighted by Crippen LogP contribution is -2.27. The van der Waals surface area contributed by atoms with E-state index in [4.69, 9.17) is 0 Å². The van der Waals surface area contributed by atoms with Gasteiger partial charge in [-0.1, -0.05) is 26.0 Å². The third kappa shape index (κ3) is 6.54. The van der Waals surface area contributed by atoms with Crippen LogP contribution >= 0.6 is 12.4 Å². The molecule has 0 aromatic heterocycles. The van der Waals surface area contributed by atoms with Crippen molar-refractivity contribution in [3.05, 3.63) is 29.8 Å². The summed E-state index contributed by atoms with van der Waals surface area (Å²) in [7, 11) is 0. The molecule has 1 rings (SSSR count). The predicted molar refractivity (Wildman–Crippen MR) is 76.1 cm³/mol. The quantitative estimate of drug-likeness (QED) is 0.809. The van der Waals surface area contributed by atoms with Crippen LogP contribution in [0.3, 0.4) is 0 Å². The maximum absolute atomic E-state index is 9.37. The van der Waals surface area contributed by atoms with Crippen molar-refractivity contribution in [1.29, 1.82) is 0 Å². The van der Waals surface area contributed by atoms with Gasteiger partial charge in [0.15, 0.2) is 0 Å². The van der Waals surface area contributed by atoms with Crippen molar-refractivity contribution >= 4 is 12.4 Å². The summed E-state index contributed by atoms with van der Waals surface area (Å²) >= 11 is 0. The third-order valence-electron chi connectivity index (χ3n) is 2.71. The Labute approximate surface area is 111 Å². The Kier molecular flexibility index (Phi) is 8.92. The standard InChI is InChI=1S/C14H23NO.ClH/c1-3-9-15(10-4-2)11-8-13-6-5-7-14(16)12-13;/h5-7,12,16H,3-4,8-11H2,1-2H3;1H. The fraction of sp³-hybridized carbons (Fsp3) is 0.571. The molecule has 1 aromatic rings. The third-order valence-corrected chi connectivity index (χ3v) is 2.71. The van der Waals surface area contributed by atoms with Gasteiger partial charge in [-0.2, -0.15) is 0 Å². The van der Waals surface area contributed by atoms with Crippen LogP contribution in [0.5, 0.6) is 5.75 Å². The number of rotatable bonds is 7. The van der Waals surface area contributed by atoms with E-state index in [9.17, 15) is 5.11 Å². The minimum atomic E-state index is 0. The minimum absolute atomic E-state index is 0. The molecular weight excluding hydrogens is 234 g/mol. The predicted octanol–water partition coefficient (Wildman–Crippen LogP) is 3.48. The molecule has 0 aliphatic heterocycles. The Bertz CT molecular complexity index is 298. The van der Waals surface area contributed by atoms with Crippen LogP contribution in [0.25, 0.3) is 0 Å². The summed E-state index contributed by atoms with van der Waals surface area (Å²) < 4.78 is 0. The van der Waals surface area contributed by atoms with Gasteiger partial charge >= 0.3 is 0 Å². The fourth-order valence-electron chi connectivity index (χ4n) is 1.97. The first-order valence-electron chi connectivity index (χ1n) is 6.26. The molecule has 0 bridgehead atoms. The number of phenols is 1. The zero-order valence-corrected chi connectivity index (χ0v) is 11.7. The average Bonchev–Trinajstić information content (AvgIpc) is 2.27. The van der Waals surface area contributed by atoms with Gasteiger partial charge in [0.25, 0.3) is 0 Å². The second-order valence-corrected chi connectivity index (χ2v) is 4.26. The Balaban J connectivity index is 0.00000256. The highest BCUT2D eigenvalue weighted by Gasteiger charge is 2.03. The molecule has 2 nitrogen and oxygen atoms in total. The van der Waals surface area contributed by atoms with Gasteiger partial charge in [-0.05, 0) is 50.0 Å². The molecule has 0 heterocycles. The maximum Gasteiger partial charge on any atom is 0.115 e. The van der Waals surface area contributed by atoms with Crippen LogP contribution in [-0.2, 0) is 6.42 Å². The average molecular weight is 258 g/mol. The molecule has 98 valence electrons. The SMILES string of the molecule is CCCN(CCC)CCc1cccc(O)c1.Cl. The molecule has 0 fully saturated rings. The number of aromatic hydroxyl groups is 1. The number of halogens is 1. The van der Waals surface area contributed by atoms with Crippen molar-refractivity contribution in [3.8, 4) is 5.75 Å². The summed E-state index contributed by atoms with van der Waals surface area (Å²) in [6.45, 7) is 7.87. The largest absolute Gasteiger partial charge is 0.508 e. The highest BCUT2D eigenvalue weighted by molar-refractivity contribution is 5.85. The molecule has 0 spiro atoms. The summed E-state index contributed by atoms with van der Waals surface area (Å²) in [5.41, 5.74) is 1.22. The highest BCUT2D eigenvalue weighted by Crippen LogP contribution is 2.11. The van der Waals surface area contributed by atoms with E-state index in [-0.39, 0.29) is 12.4 Å². The lowest BCUT2D eigenvalue weighted by Gasteiger charge is -2.20. The number of hydrogen-bond donors (Lipinski definition) is 1. The van der Waals surface area contributed by atoms with Crippen LogP contribution in [0.4, 0.5) is 0 Å².